The highest BCUT2D eigenvalue weighted by molar-refractivity contribution is 5.82. The van der Waals surface area contributed by atoms with Crippen molar-refractivity contribution < 1.29 is 9.53 Å². The van der Waals surface area contributed by atoms with E-state index in [0.29, 0.717) is 12.6 Å². The minimum atomic E-state index is -0.490. The Labute approximate surface area is 123 Å². The molecule has 0 aromatic heterocycles. The Bertz CT molecular complexity index is 303. The Morgan fingerprint density at radius 2 is 1.95 bits per heavy atom. The second-order valence-corrected chi connectivity index (χ2v) is 6.47. The first kappa shape index (κ1) is 15.8. The van der Waals surface area contributed by atoms with Gasteiger partial charge in [0.1, 0.15) is 6.04 Å². The fourth-order valence-electron chi connectivity index (χ4n) is 3.79. The van der Waals surface area contributed by atoms with E-state index in [9.17, 15) is 4.79 Å². The molecular formula is C16H30N2O2. The van der Waals surface area contributed by atoms with Gasteiger partial charge in [0.2, 0.25) is 5.91 Å². The number of nitrogens with two attached hydrogens (primary N) is 1. The monoisotopic (exact) mass is 282 g/mol. The third kappa shape index (κ3) is 4.19. The van der Waals surface area contributed by atoms with Crippen LogP contribution in [-0.2, 0) is 9.53 Å². The van der Waals surface area contributed by atoms with E-state index >= 15 is 0 Å². The van der Waals surface area contributed by atoms with Crippen LogP contribution in [0.5, 0.6) is 0 Å². The number of ether oxygens (including phenoxy) is 1. The van der Waals surface area contributed by atoms with E-state index in [1.54, 1.807) is 7.11 Å². The Morgan fingerprint density at radius 3 is 2.65 bits per heavy atom. The molecule has 116 valence electrons. The van der Waals surface area contributed by atoms with Gasteiger partial charge in [0.25, 0.3) is 0 Å². The summed E-state index contributed by atoms with van der Waals surface area (Å²) in [6.07, 6.45) is 11.7. The lowest BCUT2D eigenvalue weighted by atomic mass is 9.85. The third-order valence-electron chi connectivity index (χ3n) is 4.96. The van der Waals surface area contributed by atoms with Crippen molar-refractivity contribution in [3.05, 3.63) is 0 Å². The Hall–Kier alpha value is -0.610. The normalized spacial score (nSPS) is 25.9. The van der Waals surface area contributed by atoms with Crippen LogP contribution < -0.4 is 5.73 Å². The number of likely N-dealkylation sites (tertiary alicyclic amines) is 1. The van der Waals surface area contributed by atoms with Gasteiger partial charge in [-0.2, -0.15) is 0 Å². The fraction of sp³-hybridized carbons (Fsp3) is 0.938. The van der Waals surface area contributed by atoms with E-state index in [0.717, 1.165) is 31.7 Å². The third-order valence-corrected chi connectivity index (χ3v) is 4.96. The minimum absolute atomic E-state index is 0.0815. The summed E-state index contributed by atoms with van der Waals surface area (Å²) in [5.74, 6) is 0.979. The predicted molar refractivity (Wildman–Crippen MR) is 80.4 cm³/mol. The highest BCUT2D eigenvalue weighted by Gasteiger charge is 2.31. The smallest absolute Gasteiger partial charge is 0.242 e. The molecule has 1 aliphatic carbocycles. The summed E-state index contributed by atoms with van der Waals surface area (Å²) in [5, 5.41) is 0. The van der Waals surface area contributed by atoms with Gasteiger partial charge in [-0.25, -0.2) is 0 Å². The van der Waals surface area contributed by atoms with Gasteiger partial charge in [-0.1, -0.05) is 32.1 Å². The Morgan fingerprint density at radius 1 is 1.20 bits per heavy atom. The summed E-state index contributed by atoms with van der Waals surface area (Å²) in [6, 6.07) is -0.0670. The van der Waals surface area contributed by atoms with Crippen LogP contribution >= 0.6 is 0 Å². The van der Waals surface area contributed by atoms with Gasteiger partial charge < -0.3 is 15.4 Å². The maximum atomic E-state index is 12.3. The van der Waals surface area contributed by atoms with Crippen LogP contribution in [0.4, 0.5) is 0 Å². The van der Waals surface area contributed by atoms with E-state index in [-0.39, 0.29) is 5.91 Å². The molecule has 0 bridgehead atoms. The largest absolute Gasteiger partial charge is 0.383 e. The van der Waals surface area contributed by atoms with Gasteiger partial charge in [-0.15, -0.1) is 0 Å². The lowest BCUT2D eigenvalue weighted by Gasteiger charge is -2.29. The van der Waals surface area contributed by atoms with Crippen molar-refractivity contribution in [1.29, 1.82) is 0 Å². The average molecular weight is 282 g/mol. The SMILES string of the molecule is COCC(N)C(=O)N1CCCC1CCC1CCCCC1. The summed E-state index contributed by atoms with van der Waals surface area (Å²) >= 11 is 0. The lowest BCUT2D eigenvalue weighted by Crippen LogP contribution is -2.48. The second kappa shape index (κ2) is 7.99. The predicted octanol–water partition coefficient (Wildman–Crippen LogP) is 2.31. The molecule has 2 unspecified atom stereocenters. The van der Waals surface area contributed by atoms with Crippen molar-refractivity contribution in [3.63, 3.8) is 0 Å². The van der Waals surface area contributed by atoms with Gasteiger partial charge >= 0.3 is 0 Å². The molecule has 2 N–H and O–H groups in total. The molecule has 4 nitrogen and oxygen atoms in total. The van der Waals surface area contributed by atoms with Crippen LogP contribution in [0.15, 0.2) is 0 Å². The van der Waals surface area contributed by atoms with Gasteiger partial charge in [-0.3, -0.25) is 4.79 Å². The molecule has 2 aliphatic rings. The minimum Gasteiger partial charge on any atom is -0.383 e. The molecule has 20 heavy (non-hydrogen) atoms. The standard InChI is InChI=1S/C16H30N2O2/c1-20-12-15(17)16(19)18-11-5-8-14(18)10-9-13-6-3-2-4-7-13/h13-15H,2-12,17H2,1H3. The van der Waals surface area contributed by atoms with Crippen molar-refractivity contribution in [2.75, 3.05) is 20.3 Å². The van der Waals surface area contributed by atoms with Crippen LogP contribution in [0.1, 0.15) is 57.8 Å². The van der Waals surface area contributed by atoms with Crippen LogP contribution in [0.2, 0.25) is 0 Å². The first-order chi connectivity index (χ1) is 9.72. The molecule has 1 saturated carbocycles. The molecule has 0 radical (unpaired) electrons. The molecule has 1 aliphatic heterocycles. The molecule has 0 aromatic rings. The van der Waals surface area contributed by atoms with Crippen molar-refractivity contribution in [2.24, 2.45) is 11.7 Å². The van der Waals surface area contributed by atoms with E-state index < -0.39 is 6.04 Å². The van der Waals surface area contributed by atoms with Crippen molar-refractivity contribution in [1.82, 2.24) is 4.90 Å². The zero-order chi connectivity index (χ0) is 14.4. The quantitative estimate of drug-likeness (QED) is 0.813. The number of nitrogens with zero attached hydrogens (tertiary/aromatic N) is 1. The number of hydrogen-bond donors (Lipinski definition) is 1. The first-order valence-corrected chi connectivity index (χ1v) is 8.27. The number of methoxy groups -OCH3 is 1. The summed E-state index contributed by atoms with van der Waals surface area (Å²) in [7, 11) is 1.59. The highest BCUT2D eigenvalue weighted by atomic mass is 16.5. The molecule has 0 aromatic carbocycles. The summed E-state index contributed by atoms with van der Waals surface area (Å²) in [6.45, 7) is 1.20. The molecule has 4 heteroatoms. The van der Waals surface area contributed by atoms with Crippen molar-refractivity contribution in [3.8, 4) is 0 Å². The number of carbonyl (C=O) groups is 1. The van der Waals surface area contributed by atoms with Crippen molar-refractivity contribution in [2.45, 2.75) is 69.9 Å². The number of carbonyl (C=O) groups excluding carboxylic acids is 1. The molecule has 1 heterocycles. The number of hydrogen-bond acceptors (Lipinski definition) is 3. The first-order valence-electron chi connectivity index (χ1n) is 8.27. The fourth-order valence-corrected chi connectivity index (χ4v) is 3.79. The zero-order valence-corrected chi connectivity index (χ0v) is 12.9. The lowest BCUT2D eigenvalue weighted by molar-refractivity contribution is -0.134. The van der Waals surface area contributed by atoms with Crippen molar-refractivity contribution >= 4 is 5.91 Å². The molecular weight excluding hydrogens is 252 g/mol. The second-order valence-electron chi connectivity index (χ2n) is 6.47. The van der Waals surface area contributed by atoms with Crippen LogP contribution in [0, 0.1) is 5.92 Å². The average Bonchev–Trinajstić information content (AvgIpc) is 2.94. The highest BCUT2D eigenvalue weighted by Crippen LogP contribution is 2.30. The summed E-state index contributed by atoms with van der Waals surface area (Å²) in [5.41, 5.74) is 5.89. The van der Waals surface area contributed by atoms with Crippen LogP contribution in [-0.4, -0.2) is 43.2 Å². The van der Waals surface area contributed by atoms with Gasteiger partial charge in [0.05, 0.1) is 6.61 Å². The summed E-state index contributed by atoms with van der Waals surface area (Å²) in [4.78, 5) is 14.3. The molecule has 1 saturated heterocycles. The maximum absolute atomic E-state index is 12.3. The van der Waals surface area contributed by atoms with Crippen LogP contribution in [0.3, 0.4) is 0 Å². The van der Waals surface area contributed by atoms with E-state index in [1.165, 1.54) is 38.5 Å². The zero-order valence-electron chi connectivity index (χ0n) is 12.9. The Kier molecular flexibility index (Phi) is 6.30. The topological polar surface area (TPSA) is 55.6 Å². The Balaban J connectivity index is 1.79. The maximum Gasteiger partial charge on any atom is 0.242 e. The molecule has 2 rings (SSSR count). The summed E-state index contributed by atoms with van der Waals surface area (Å²) < 4.78 is 5.00. The van der Waals surface area contributed by atoms with Crippen LogP contribution in [0.25, 0.3) is 0 Å². The van der Waals surface area contributed by atoms with Gasteiger partial charge in [0.15, 0.2) is 0 Å². The van der Waals surface area contributed by atoms with E-state index in [4.69, 9.17) is 10.5 Å². The molecule has 1 amide bonds. The van der Waals surface area contributed by atoms with E-state index in [2.05, 4.69) is 0 Å². The molecule has 0 spiro atoms. The number of rotatable bonds is 6. The molecule has 2 fully saturated rings. The van der Waals surface area contributed by atoms with E-state index in [1.807, 2.05) is 4.90 Å². The van der Waals surface area contributed by atoms with Gasteiger partial charge in [-0.05, 0) is 31.6 Å². The van der Waals surface area contributed by atoms with Gasteiger partial charge in [0, 0.05) is 19.7 Å². The molecule has 2 atom stereocenters. The number of amides is 1.